The molecule has 0 aromatic carbocycles. The van der Waals surface area contributed by atoms with Gasteiger partial charge in [-0.25, -0.2) is 0 Å². The van der Waals surface area contributed by atoms with Crippen LogP contribution in [0.5, 0.6) is 0 Å². The molecule has 0 saturated carbocycles. The van der Waals surface area contributed by atoms with Crippen molar-refractivity contribution in [2.45, 2.75) is 0 Å². The van der Waals surface area contributed by atoms with E-state index in [2.05, 4.69) is 0 Å². The van der Waals surface area contributed by atoms with Gasteiger partial charge in [-0.1, -0.05) is 6.08 Å². The summed E-state index contributed by atoms with van der Waals surface area (Å²) < 4.78 is 0. The monoisotopic (exact) mass is 84.1 g/mol. The zero-order valence-corrected chi connectivity index (χ0v) is 3.52. The van der Waals surface area contributed by atoms with E-state index in [1.165, 1.54) is 0 Å². The normalized spacial score (nSPS) is 29.5. The number of rotatable bonds is 1. The van der Waals surface area contributed by atoms with Crippen LogP contribution in [0.15, 0.2) is 11.8 Å². The van der Waals surface area contributed by atoms with Crippen LogP contribution in [-0.2, 0) is 0 Å². The third-order valence-electron chi connectivity index (χ3n) is 0.967. The van der Waals surface area contributed by atoms with Crippen LogP contribution in [0.3, 0.4) is 0 Å². The lowest BCUT2D eigenvalue weighted by Crippen LogP contribution is -2.05. The van der Waals surface area contributed by atoms with Gasteiger partial charge in [-0.2, -0.15) is 0 Å². The Hall–Kier alpha value is -0.500. The van der Waals surface area contributed by atoms with Crippen molar-refractivity contribution in [2.24, 2.45) is 17.4 Å². The first kappa shape index (κ1) is 3.68. The molecular formula is C4H8N2. The second-order valence-electron chi connectivity index (χ2n) is 1.51. The zero-order valence-electron chi connectivity index (χ0n) is 3.52. The Morgan fingerprint density at radius 1 is 1.83 bits per heavy atom. The zero-order chi connectivity index (χ0) is 4.57. The Kier molecular flexibility index (Phi) is 0.601. The summed E-state index contributed by atoms with van der Waals surface area (Å²) >= 11 is 0. The van der Waals surface area contributed by atoms with Gasteiger partial charge in [0.2, 0.25) is 0 Å². The van der Waals surface area contributed by atoms with Crippen molar-refractivity contribution in [2.75, 3.05) is 6.54 Å². The molecule has 1 atom stereocenters. The van der Waals surface area contributed by atoms with Crippen LogP contribution in [0.1, 0.15) is 0 Å². The van der Waals surface area contributed by atoms with Crippen LogP contribution in [0.25, 0.3) is 0 Å². The van der Waals surface area contributed by atoms with E-state index in [0.717, 1.165) is 5.70 Å². The first-order chi connectivity index (χ1) is 2.84. The van der Waals surface area contributed by atoms with Crippen molar-refractivity contribution >= 4 is 0 Å². The highest BCUT2D eigenvalue weighted by Crippen LogP contribution is 2.20. The molecular weight excluding hydrogens is 76.1 g/mol. The lowest BCUT2D eigenvalue weighted by molar-refractivity contribution is 0.878. The fraction of sp³-hybridized carbons (Fsp3) is 0.500. The molecule has 1 aliphatic carbocycles. The van der Waals surface area contributed by atoms with Gasteiger partial charge in [0.25, 0.3) is 0 Å². The third kappa shape index (κ3) is 0.389. The molecule has 34 valence electrons. The van der Waals surface area contributed by atoms with E-state index < -0.39 is 0 Å². The minimum atomic E-state index is 0.449. The van der Waals surface area contributed by atoms with E-state index in [9.17, 15) is 0 Å². The topological polar surface area (TPSA) is 52.0 Å². The molecule has 0 saturated heterocycles. The van der Waals surface area contributed by atoms with E-state index >= 15 is 0 Å². The Morgan fingerprint density at radius 2 is 2.33 bits per heavy atom. The molecule has 1 rings (SSSR count). The Labute approximate surface area is 36.8 Å². The Bertz CT molecular complexity index is 85.5. The molecule has 0 aromatic heterocycles. The molecule has 0 radical (unpaired) electrons. The SMILES string of the molecule is NCC1C=C1N. The molecule has 6 heavy (non-hydrogen) atoms. The highest BCUT2D eigenvalue weighted by molar-refractivity contribution is 5.25. The lowest BCUT2D eigenvalue weighted by atomic mass is 10.4. The van der Waals surface area contributed by atoms with E-state index in [0.29, 0.717) is 12.5 Å². The first-order valence-corrected chi connectivity index (χ1v) is 2.02. The molecule has 0 aromatic rings. The van der Waals surface area contributed by atoms with Gasteiger partial charge in [0.1, 0.15) is 0 Å². The fourth-order valence-electron chi connectivity index (χ4n) is 0.388. The van der Waals surface area contributed by atoms with Crippen LogP contribution in [-0.4, -0.2) is 6.54 Å². The molecule has 0 heterocycles. The Morgan fingerprint density at radius 3 is 2.33 bits per heavy atom. The van der Waals surface area contributed by atoms with E-state index in [1.54, 1.807) is 0 Å². The van der Waals surface area contributed by atoms with Crippen LogP contribution in [0, 0.1) is 5.92 Å². The van der Waals surface area contributed by atoms with Gasteiger partial charge in [0.05, 0.1) is 0 Å². The predicted molar refractivity (Wildman–Crippen MR) is 24.8 cm³/mol. The quantitative estimate of drug-likeness (QED) is 0.446. The van der Waals surface area contributed by atoms with Crippen molar-refractivity contribution < 1.29 is 0 Å². The molecule has 0 fully saturated rings. The lowest BCUT2D eigenvalue weighted by Gasteiger charge is -1.82. The standard InChI is InChI=1S/C4H8N2/c5-2-3-1-4(3)6/h1,3H,2,5-6H2. The smallest absolute Gasteiger partial charge is 0.0304 e. The maximum Gasteiger partial charge on any atom is 0.0304 e. The summed E-state index contributed by atoms with van der Waals surface area (Å²) in [5.41, 5.74) is 11.4. The summed E-state index contributed by atoms with van der Waals surface area (Å²) in [5, 5.41) is 0. The van der Waals surface area contributed by atoms with Crippen molar-refractivity contribution in [3.05, 3.63) is 11.8 Å². The van der Waals surface area contributed by atoms with E-state index in [-0.39, 0.29) is 0 Å². The Balaban J connectivity index is 2.18. The van der Waals surface area contributed by atoms with Crippen molar-refractivity contribution in [1.82, 2.24) is 0 Å². The number of hydrogen-bond acceptors (Lipinski definition) is 2. The van der Waals surface area contributed by atoms with Crippen LogP contribution < -0.4 is 11.5 Å². The second kappa shape index (κ2) is 0.980. The van der Waals surface area contributed by atoms with Gasteiger partial charge in [-0.15, -0.1) is 0 Å². The van der Waals surface area contributed by atoms with Crippen molar-refractivity contribution in [3.8, 4) is 0 Å². The summed E-state index contributed by atoms with van der Waals surface area (Å²) in [6, 6.07) is 0. The second-order valence-corrected chi connectivity index (χ2v) is 1.51. The van der Waals surface area contributed by atoms with E-state index in [4.69, 9.17) is 11.5 Å². The molecule has 0 aliphatic heterocycles. The predicted octanol–water partition coefficient (Wildman–Crippen LogP) is -0.583. The molecule has 0 amide bonds. The summed E-state index contributed by atoms with van der Waals surface area (Å²) in [7, 11) is 0. The van der Waals surface area contributed by atoms with Gasteiger partial charge in [0, 0.05) is 18.2 Å². The van der Waals surface area contributed by atoms with Gasteiger partial charge < -0.3 is 11.5 Å². The van der Waals surface area contributed by atoms with Gasteiger partial charge in [-0.05, 0) is 0 Å². The van der Waals surface area contributed by atoms with Crippen LogP contribution >= 0.6 is 0 Å². The summed E-state index contributed by atoms with van der Waals surface area (Å²) in [5.74, 6) is 0.449. The molecule has 4 N–H and O–H groups in total. The first-order valence-electron chi connectivity index (χ1n) is 2.02. The molecule has 2 nitrogen and oxygen atoms in total. The average molecular weight is 84.1 g/mol. The minimum absolute atomic E-state index is 0.449. The van der Waals surface area contributed by atoms with Gasteiger partial charge >= 0.3 is 0 Å². The summed E-state index contributed by atoms with van der Waals surface area (Å²) in [6.45, 7) is 0.686. The highest BCUT2D eigenvalue weighted by Gasteiger charge is 2.17. The van der Waals surface area contributed by atoms with Gasteiger partial charge in [0.15, 0.2) is 0 Å². The number of hydrogen-bond donors (Lipinski definition) is 2. The molecule has 0 spiro atoms. The molecule has 1 aliphatic rings. The van der Waals surface area contributed by atoms with Crippen molar-refractivity contribution in [3.63, 3.8) is 0 Å². The van der Waals surface area contributed by atoms with Crippen LogP contribution in [0.2, 0.25) is 0 Å². The van der Waals surface area contributed by atoms with Crippen molar-refractivity contribution in [1.29, 1.82) is 0 Å². The number of nitrogens with two attached hydrogens (primary N) is 2. The van der Waals surface area contributed by atoms with E-state index in [1.807, 2.05) is 6.08 Å². The fourth-order valence-corrected chi connectivity index (χ4v) is 0.388. The highest BCUT2D eigenvalue weighted by atomic mass is 14.7. The third-order valence-corrected chi connectivity index (χ3v) is 0.967. The van der Waals surface area contributed by atoms with Gasteiger partial charge in [-0.3, -0.25) is 0 Å². The minimum Gasteiger partial charge on any atom is -0.402 e. The summed E-state index contributed by atoms with van der Waals surface area (Å²) in [4.78, 5) is 0. The largest absolute Gasteiger partial charge is 0.402 e. The average Bonchev–Trinajstić information content (AvgIpc) is 2.19. The molecule has 2 heteroatoms. The van der Waals surface area contributed by atoms with Crippen LogP contribution in [0.4, 0.5) is 0 Å². The molecule has 0 bridgehead atoms. The molecule has 1 unspecified atom stereocenters. The summed E-state index contributed by atoms with van der Waals surface area (Å²) in [6.07, 6.45) is 1.96. The maximum absolute atomic E-state index is 5.26. The maximum atomic E-state index is 5.26.